The molecule has 0 fully saturated rings. The first-order chi connectivity index (χ1) is 6.74. The highest BCUT2D eigenvalue weighted by Gasteiger charge is 2.22. The maximum absolute atomic E-state index is 10.7. The van der Waals surface area contributed by atoms with Crippen LogP contribution in [-0.2, 0) is 6.54 Å². The van der Waals surface area contributed by atoms with Crippen LogP contribution >= 0.6 is 0 Å². The first-order valence-electron chi connectivity index (χ1n) is 4.08. The van der Waals surface area contributed by atoms with Gasteiger partial charge in [-0.25, -0.2) is 0 Å². The van der Waals surface area contributed by atoms with Crippen LogP contribution in [-0.4, -0.2) is 18.2 Å². The third kappa shape index (κ3) is 1.14. The third-order valence-electron chi connectivity index (χ3n) is 2.15. The Morgan fingerprint density at radius 3 is 3.00 bits per heavy atom. The fraction of sp³-hybridized carbons (Fsp3) is 0.222. The molecule has 0 amide bonds. The Kier molecular flexibility index (Phi) is 1.92. The Labute approximate surface area is 80.2 Å². The SMILES string of the molecule is COc1c([N+](=O)[O-])ccc2c1C=NC2. The molecule has 0 saturated heterocycles. The second-order valence-electron chi connectivity index (χ2n) is 2.92. The minimum absolute atomic E-state index is 0.0143. The van der Waals surface area contributed by atoms with Crippen molar-refractivity contribution in [3.05, 3.63) is 33.4 Å². The zero-order valence-electron chi connectivity index (χ0n) is 7.56. The normalized spacial score (nSPS) is 12.6. The van der Waals surface area contributed by atoms with Gasteiger partial charge < -0.3 is 4.74 Å². The summed E-state index contributed by atoms with van der Waals surface area (Å²) in [6.45, 7) is 0.573. The summed E-state index contributed by atoms with van der Waals surface area (Å²) in [6, 6.07) is 3.16. The Hall–Kier alpha value is -1.91. The molecule has 0 N–H and O–H groups in total. The van der Waals surface area contributed by atoms with Gasteiger partial charge in [-0.1, -0.05) is 0 Å². The van der Waals surface area contributed by atoms with Gasteiger partial charge in [-0.2, -0.15) is 0 Å². The zero-order valence-corrected chi connectivity index (χ0v) is 7.56. The fourth-order valence-electron chi connectivity index (χ4n) is 1.50. The maximum atomic E-state index is 10.7. The van der Waals surface area contributed by atoms with Crippen molar-refractivity contribution in [2.24, 2.45) is 4.99 Å². The summed E-state index contributed by atoms with van der Waals surface area (Å²) >= 11 is 0. The van der Waals surface area contributed by atoms with Gasteiger partial charge in [-0.15, -0.1) is 0 Å². The molecule has 14 heavy (non-hydrogen) atoms. The molecule has 1 aliphatic rings. The van der Waals surface area contributed by atoms with Gasteiger partial charge in [0.25, 0.3) is 0 Å². The molecule has 0 spiro atoms. The Bertz CT molecular complexity index is 426. The average Bonchev–Trinajstić information content (AvgIpc) is 2.63. The largest absolute Gasteiger partial charge is 0.490 e. The summed E-state index contributed by atoms with van der Waals surface area (Å²) < 4.78 is 5.02. The summed E-state index contributed by atoms with van der Waals surface area (Å²) in [7, 11) is 1.43. The van der Waals surface area contributed by atoms with E-state index < -0.39 is 4.92 Å². The van der Waals surface area contributed by atoms with Crippen molar-refractivity contribution in [1.29, 1.82) is 0 Å². The van der Waals surface area contributed by atoms with Crippen LogP contribution in [0.15, 0.2) is 17.1 Å². The quantitative estimate of drug-likeness (QED) is 0.527. The van der Waals surface area contributed by atoms with E-state index in [4.69, 9.17) is 4.74 Å². The highest BCUT2D eigenvalue weighted by molar-refractivity contribution is 5.90. The Morgan fingerprint density at radius 2 is 2.36 bits per heavy atom. The number of hydrogen-bond donors (Lipinski definition) is 0. The molecule has 0 aliphatic carbocycles. The topological polar surface area (TPSA) is 64.7 Å². The molecular weight excluding hydrogens is 184 g/mol. The van der Waals surface area contributed by atoms with Crippen LogP contribution in [0.5, 0.6) is 5.75 Å². The Morgan fingerprint density at radius 1 is 1.57 bits per heavy atom. The lowest BCUT2D eigenvalue weighted by molar-refractivity contribution is -0.385. The van der Waals surface area contributed by atoms with E-state index >= 15 is 0 Å². The molecular formula is C9H8N2O3. The van der Waals surface area contributed by atoms with E-state index in [9.17, 15) is 10.1 Å². The van der Waals surface area contributed by atoms with Crippen LogP contribution < -0.4 is 4.74 Å². The smallest absolute Gasteiger partial charge is 0.311 e. The molecule has 0 atom stereocenters. The maximum Gasteiger partial charge on any atom is 0.311 e. The van der Waals surface area contributed by atoms with Gasteiger partial charge >= 0.3 is 5.69 Å². The van der Waals surface area contributed by atoms with Crippen molar-refractivity contribution in [2.75, 3.05) is 7.11 Å². The number of fused-ring (bicyclic) bond motifs is 1. The molecule has 5 nitrogen and oxygen atoms in total. The minimum Gasteiger partial charge on any atom is -0.490 e. The lowest BCUT2D eigenvalue weighted by Crippen LogP contribution is -1.98. The van der Waals surface area contributed by atoms with Crippen LogP contribution in [0.4, 0.5) is 5.69 Å². The van der Waals surface area contributed by atoms with Crippen molar-refractivity contribution in [3.63, 3.8) is 0 Å². The van der Waals surface area contributed by atoms with Crippen LogP contribution in [0.3, 0.4) is 0 Å². The van der Waals surface area contributed by atoms with Gasteiger partial charge in [-0.05, 0) is 11.6 Å². The molecule has 5 heteroatoms. The van der Waals surface area contributed by atoms with Crippen molar-refractivity contribution in [1.82, 2.24) is 0 Å². The van der Waals surface area contributed by atoms with Gasteiger partial charge in [0.1, 0.15) is 0 Å². The number of nitro groups is 1. The van der Waals surface area contributed by atoms with E-state index in [0.717, 1.165) is 11.1 Å². The molecule has 0 bridgehead atoms. The number of rotatable bonds is 2. The lowest BCUT2D eigenvalue weighted by atomic mass is 10.1. The predicted molar refractivity (Wildman–Crippen MR) is 50.9 cm³/mol. The van der Waals surface area contributed by atoms with Crippen LogP contribution in [0.25, 0.3) is 0 Å². The van der Waals surface area contributed by atoms with Gasteiger partial charge in [0.2, 0.25) is 5.75 Å². The summed E-state index contributed by atoms with van der Waals surface area (Å²) in [5, 5.41) is 10.7. The number of methoxy groups -OCH3 is 1. The second-order valence-corrected chi connectivity index (χ2v) is 2.92. The molecule has 1 aliphatic heterocycles. The van der Waals surface area contributed by atoms with E-state index in [1.54, 1.807) is 12.3 Å². The summed E-state index contributed by atoms with van der Waals surface area (Å²) in [5.74, 6) is 0.300. The molecule has 1 aromatic rings. The van der Waals surface area contributed by atoms with E-state index in [0.29, 0.717) is 12.3 Å². The zero-order chi connectivity index (χ0) is 10.1. The van der Waals surface area contributed by atoms with E-state index in [1.165, 1.54) is 13.2 Å². The highest BCUT2D eigenvalue weighted by atomic mass is 16.6. The van der Waals surface area contributed by atoms with Crippen molar-refractivity contribution in [3.8, 4) is 5.75 Å². The average molecular weight is 192 g/mol. The third-order valence-corrected chi connectivity index (χ3v) is 2.15. The molecule has 1 aromatic carbocycles. The monoisotopic (exact) mass is 192 g/mol. The number of aliphatic imine (C=N–C) groups is 1. The molecule has 1 heterocycles. The number of nitro benzene ring substituents is 1. The van der Waals surface area contributed by atoms with Crippen molar-refractivity contribution in [2.45, 2.75) is 6.54 Å². The van der Waals surface area contributed by atoms with Crippen LogP contribution in [0, 0.1) is 10.1 Å². The first-order valence-corrected chi connectivity index (χ1v) is 4.08. The molecule has 2 rings (SSSR count). The number of nitrogens with zero attached hydrogens (tertiary/aromatic N) is 2. The number of hydrogen-bond acceptors (Lipinski definition) is 4. The molecule has 72 valence electrons. The molecule has 0 aromatic heterocycles. The van der Waals surface area contributed by atoms with E-state index in [-0.39, 0.29) is 5.69 Å². The predicted octanol–water partition coefficient (Wildman–Crippen LogP) is 1.54. The van der Waals surface area contributed by atoms with Crippen molar-refractivity contribution < 1.29 is 9.66 Å². The fourth-order valence-corrected chi connectivity index (χ4v) is 1.50. The Balaban J connectivity index is 2.64. The lowest BCUT2D eigenvalue weighted by Gasteiger charge is -2.05. The van der Waals surface area contributed by atoms with Gasteiger partial charge in [-0.3, -0.25) is 15.1 Å². The summed E-state index contributed by atoms with van der Waals surface area (Å²) in [4.78, 5) is 14.2. The molecule has 0 radical (unpaired) electrons. The van der Waals surface area contributed by atoms with Gasteiger partial charge in [0.05, 0.1) is 18.6 Å². The highest BCUT2D eigenvalue weighted by Crippen LogP contribution is 2.34. The van der Waals surface area contributed by atoms with Gasteiger partial charge in [0, 0.05) is 17.8 Å². The van der Waals surface area contributed by atoms with Crippen LogP contribution in [0.1, 0.15) is 11.1 Å². The number of benzene rings is 1. The summed E-state index contributed by atoms with van der Waals surface area (Å²) in [5.41, 5.74) is 1.67. The van der Waals surface area contributed by atoms with E-state index in [1.807, 2.05) is 0 Å². The minimum atomic E-state index is -0.453. The van der Waals surface area contributed by atoms with E-state index in [2.05, 4.69) is 4.99 Å². The van der Waals surface area contributed by atoms with Gasteiger partial charge in [0.15, 0.2) is 0 Å². The van der Waals surface area contributed by atoms with Crippen molar-refractivity contribution >= 4 is 11.9 Å². The standard InChI is InChI=1S/C9H8N2O3/c1-14-9-7-5-10-4-6(7)2-3-8(9)11(12)13/h2-3,5H,4H2,1H3. The first kappa shape index (κ1) is 8.68. The molecule has 0 saturated carbocycles. The molecule has 0 unspecified atom stereocenters. The van der Waals surface area contributed by atoms with Crippen LogP contribution in [0.2, 0.25) is 0 Å². The number of ether oxygens (including phenoxy) is 1. The second kappa shape index (κ2) is 3.10. The summed E-state index contributed by atoms with van der Waals surface area (Å²) in [6.07, 6.45) is 1.61.